The summed E-state index contributed by atoms with van der Waals surface area (Å²) in [5.41, 5.74) is 0. The standard InChI is InChI=1S/C18H34N2O/c1-4-6-8-16-18(21)20(17(19-16)7-5-2)13-15-11-9-14(3)10-12-15/h14-17,19H,4-13H2,1-3H3. The van der Waals surface area contributed by atoms with Gasteiger partial charge in [-0.25, -0.2) is 0 Å². The topological polar surface area (TPSA) is 32.3 Å². The lowest BCUT2D eigenvalue weighted by molar-refractivity contribution is -0.131. The number of hydrogen-bond donors (Lipinski definition) is 1. The summed E-state index contributed by atoms with van der Waals surface area (Å²) in [5, 5.41) is 3.60. The Hall–Kier alpha value is -0.570. The molecule has 2 rings (SSSR count). The highest BCUT2D eigenvalue weighted by Crippen LogP contribution is 2.30. The largest absolute Gasteiger partial charge is 0.326 e. The van der Waals surface area contributed by atoms with Crippen LogP contribution in [0.25, 0.3) is 0 Å². The molecule has 1 aliphatic heterocycles. The molecule has 0 radical (unpaired) electrons. The first-order chi connectivity index (χ1) is 10.2. The van der Waals surface area contributed by atoms with E-state index in [2.05, 4.69) is 31.0 Å². The fourth-order valence-corrected chi connectivity index (χ4v) is 3.88. The zero-order valence-corrected chi connectivity index (χ0v) is 14.2. The first kappa shape index (κ1) is 16.8. The van der Waals surface area contributed by atoms with Crippen molar-refractivity contribution in [3.63, 3.8) is 0 Å². The normalized spacial score (nSPS) is 33.7. The summed E-state index contributed by atoms with van der Waals surface area (Å²) >= 11 is 0. The fraction of sp³-hybridized carbons (Fsp3) is 0.944. The zero-order valence-electron chi connectivity index (χ0n) is 14.2. The average molecular weight is 294 g/mol. The quantitative estimate of drug-likeness (QED) is 0.771. The Bertz CT molecular complexity index is 323. The summed E-state index contributed by atoms with van der Waals surface area (Å²) in [5.74, 6) is 1.99. The van der Waals surface area contributed by atoms with Crippen LogP contribution in [0.1, 0.15) is 78.6 Å². The molecule has 0 aromatic rings. The van der Waals surface area contributed by atoms with E-state index in [1.165, 1.54) is 32.1 Å². The van der Waals surface area contributed by atoms with Crippen LogP contribution in [0, 0.1) is 11.8 Å². The number of nitrogens with one attached hydrogen (secondary N) is 1. The molecule has 3 heteroatoms. The minimum absolute atomic E-state index is 0.0871. The number of unbranched alkanes of at least 4 members (excludes halogenated alkanes) is 1. The van der Waals surface area contributed by atoms with Crippen LogP contribution in [0.5, 0.6) is 0 Å². The smallest absolute Gasteiger partial charge is 0.241 e. The maximum absolute atomic E-state index is 12.7. The van der Waals surface area contributed by atoms with E-state index < -0.39 is 0 Å². The van der Waals surface area contributed by atoms with E-state index in [0.29, 0.717) is 12.1 Å². The predicted octanol–water partition coefficient (Wildman–Crippen LogP) is 3.93. The second kappa shape index (κ2) is 8.17. The van der Waals surface area contributed by atoms with Crippen molar-refractivity contribution in [2.45, 2.75) is 90.8 Å². The Balaban J connectivity index is 1.92. The number of hydrogen-bond acceptors (Lipinski definition) is 2. The minimum atomic E-state index is 0.0871. The van der Waals surface area contributed by atoms with Crippen LogP contribution < -0.4 is 5.32 Å². The molecule has 122 valence electrons. The van der Waals surface area contributed by atoms with Gasteiger partial charge < -0.3 is 4.90 Å². The van der Waals surface area contributed by atoms with Crippen molar-refractivity contribution in [1.29, 1.82) is 0 Å². The lowest BCUT2D eigenvalue weighted by Gasteiger charge is -2.32. The van der Waals surface area contributed by atoms with Crippen LogP contribution in [0.15, 0.2) is 0 Å². The van der Waals surface area contributed by atoms with Gasteiger partial charge in [-0.2, -0.15) is 0 Å². The summed E-state index contributed by atoms with van der Waals surface area (Å²) in [4.78, 5) is 14.9. The second-order valence-corrected chi connectivity index (χ2v) is 7.28. The molecule has 0 bridgehead atoms. The lowest BCUT2D eigenvalue weighted by atomic mass is 9.82. The van der Waals surface area contributed by atoms with Crippen LogP contribution in [-0.4, -0.2) is 29.6 Å². The molecule has 3 nitrogen and oxygen atoms in total. The Morgan fingerprint density at radius 3 is 2.43 bits per heavy atom. The van der Waals surface area contributed by atoms with Crippen molar-refractivity contribution in [3.8, 4) is 0 Å². The van der Waals surface area contributed by atoms with E-state index in [1.807, 2.05) is 0 Å². The van der Waals surface area contributed by atoms with E-state index in [0.717, 1.165) is 44.1 Å². The SMILES string of the molecule is CCCCC1NC(CCC)N(CC2CCC(C)CC2)C1=O. The van der Waals surface area contributed by atoms with Gasteiger partial charge in [-0.15, -0.1) is 0 Å². The highest BCUT2D eigenvalue weighted by Gasteiger charge is 2.38. The first-order valence-corrected chi connectivity index (χ1v) is 9.22. The summed E-state index contributed by atoms with van der Waals surface area (Å²) in [6.45, 7) is 7.77. The summed E-state index contributed by atoms with van der Waals surface area (Å²) in [6.07, 6.45) is 11.2. The van der Waals surface area contributed by atoms with Gasteiger partial charge in [0.25, 0.3) is 0 Å². The van der Waals surface area contributed by atoms with Crippen LogP contribution in [0.2, 0.25) is 0 Å². The number of nitrogens with zero attached hydrogens (tertiary/aromatic N) is 1. The molecule has 2 atom stereocenters. The van der Waals surface area contributed by atoms with Crippen molar-refractivity contribution < 1.29 is 4.79 Å². The van der Waals surface area contributed by atoms with Crippen LogP contribution in [0.4, 0.5) is 0 Å². The van der Waals surface area contributed by atoms with Gasteiger partial charge >= 0.3 is 0 Å². The van der Waals surface area contributed by atoms with Gasteiger partial charge in [-0.3, -0.25) is 10.1 Å². The van der Waals surface area contributed by atoms with Crippen molar-refractivity contribution in [3.05, 3.63) is 0 Å². The van der Waals surface area contributed by atoms with Crippen LogP contribution in [-0.2, 0) is 4.79 Å². The maximum Gasteiger partial charge on any atom is 0.241 e. The van der Waals surface area contributed by atoms with Crippen molar-refractivity contribution in [2.24, 2.45) is 11.8 Å². The molecule has 1 heterocycles. The van der Waals surface area contributed by atoms with Gasteiger partial charge in [0.05, 0.1) is 12.2 Å². The third-order valence-corrected chi connectivity index (χ3v) is 5.35. The lowest BCUT2D eigenvalue weighted by Crippen LogP contribution is -2.41. The van der Waals surface area contributed by atoms with Gasteiger partial charge in [-0.1, -0.05) is 52.9 Å². The molecule has 0 spiro atoms. The molecule has 2 fully saturated rings. The third-order valence-electron chi connectivity index (χ3n) is 5.35. The Morgan fingerprint density at radius 2 is 1.81 bits per heavy atom. The van der Waals surface area contributed by atoms with E-state index in [-0.39, 0.29) is 6.04 Å². The van der Waals surface area contributed by atoms with Gasteiger partial charge in [0.1, 0.15) is 0 Å². The molecule has 1 saturated heterocycles. The molecular weight excluding hydrogens is 260 g/mol. The molecule has 1 amide bonds. The zero-order chi connectivity index (χ0) is 15.2. The number of amides is 1. The van der Waals surface area contributed by atoms with Crippen molar-refractivity contribution in [2.75, 3.05) is 6.54 Å². The molecular formula is C18H34N2O. The number of rotatable bonds is 7. The molecule has 0 aromatic carbocycles. The van der Waals surface area contributed by atoms with E-state index in [9.17, 15) is 4.79 Å². The highest BCUT2D eigenvalue weighted by molar-refractivity contribution is 5.84. The van der Waals surface area contributed by atoms with Crippen molar-refractivity contribution in [1.82, 2.24) is 10.2 Å². The summed E-state index contributed by atoms with van der Waals surface area (Å²) < 4.78 is 0. The third kappa shape index (κ3) is 4.45. The van der Waals surface area contributed by atoms with Gasteiger partial charge in [0.15, 0.2) is 0 Å². The Labute approximate surface area is 130 Å². The van der Waals surface area contributed by atoms with Crippen molar-refractivity contribution >= 4 is 5.91 Å². The first-order valence-electron chi connectivity index (χ1n) is 9.22. The van der Waals surface area contributed by atoms with Gasteiger partial charge in [0, 0.05) is 6.54 Å². The molecule has 0 aromatic heterocycles. The van der Waals surface area contributed by atoms with E-state index in [1.54, 1.807) is 0 Å². The molecule has 2 unspecified atom stereocenters. The van der Waals surface area contributed by atoms with Crippen LogP contribution >= 0.6 is 0 Å². The average Bonchev–Trinajstić information content (AvgIpc) is 2.76. The molecule has 1 aliphatic carbocycles. The summed E-state index contributed by atoms with van der Waals surface area (Å²) in [7, 11) is 0. The van der Waals surface area contributed by atoms with Gasteiger partial charge in [0.2, 0.25) is 5.91 Å². The Kier molecular flexibility index (Phi) is 6.53. The summed E-state index contributed by atoms with van der Waals surface area (Å²) in [6, 6.07) is 0.0871. The van der Waals surface area contributed by atoms with Gasteiger partial charge in [-0.05, 0) is 37.5 Å². The Morgan fingerprint density at radius 1 is 1.10 bits per heavy atom. The van der Waals surface area contributed by atoms with E-state index >= 15 is 0 Å². The molecule has 1 saturated carbocycles. The van der Waals surface area contributed by atoms with Crippen LogP contribution in [0.3, 0.4) is 0 Å². The highest BCUT2D eigenvalue weighted by atomic mass is 16.2. The molecule has 21 heavy (non-hydrogen) atoms. The second-order valence-electron chi connectivity index (χ2n) is 7.28. The monoisotopic (exact) mass is 294 g/mol. The number of carbonyl (C=O) groups is 1. The maximum atomic E-state index is 12.7. The number of carbonyl (C=O) groups excluding carboxylic acids is 1. The molecule has 1 N–H and O–H groups in total. The van der Waals surface area contributed by atoms with E-state index in [4.69, 9.17) is 0 Å². The fourth-order valence-electron chi connectivity index (χ4n) is 3.88. The minimum Gasteiger partial charge on any atom is -0.326 e. The molecule has 2 aliphatic rings. The predicted molar refractivity (Wildman–Crippen MR) is 88.0 cm³/mol.